The smallest absolute Gasteiger partial charge is 0.247 e. The molecule has 0 radical (unpaired) electrons. The Bertz CT molecular complexity index is 428. The summed E-state index contributed by atoms with van der Waals surface area (Å²) < 4.78 is 0. The molecule has 1 aliphatic heterocycles. The highest BCUT2D eigenvalue weighted by molar-refractivity contribution is 6.06. The van der Waals surface area contributed by atoms with Crippen molar-refractivity contribution in [2.24, 2.45) is 0 Å². The molecule has 6 heteroatoms. The molecular formula is C15H27N3O3. The first-order valence-electron chi connectivity index (χ1n) is 7.50. The number of hydrogen-bond donors (Lipinski definition) is 2. The first kappa shape index (κ1) is 17.6. The maximum atomic E-state index is 12.3. The monoisotopic (exact) mass is 297 g/mol. The molecule has 0 aromatic carbocycles. The molecular weight excluding hydrogens is 270 g/mol. The van der Waals surface area contributed by atoms with Gasteiger partial charge in [-0.1, -0.05) is 6.92 Å². The number of rotatable bonds is 5. The number of carbonyl (C=O) groups is 3. The van der Waals surface area contributed by atoms with Crippen molar-refractivity contribution in [2.45, 2.75) is 78.0 Å². The topological polar surface area (TPSA) is 78.5 Å². The standard InChI is InChI=1S/C15H27N3O3/c1-7-9(2)18-12(19)8-11(14(18)21)16-10(3)13(20)17-15(4,5)6/h9-11,16H,7-8H2,1-6H3,(H,17,20). The number of nitrogens with zero attached hydrogens (tertiary/aromatic N) is 1. The Balaban J connectivity index is 2.66. The second-order valence-corrected chi connectivity index (χ2v) is 6.74. The minimum Gasteiger partial charge on any atom is -0.350 e. The van der Waals surface area contributed by atoms with Gasteiger partial charge in [-0.25, -0.2) is 0 Å². The van der Waals surface area contributed by atoms with Gasteiger partial charge in [0.2, 0.25) is 17.7 Å². The summed E-state index contributed by atoms with van der Waals surface area (Å²) in [5, 5.41) is 5.82. The highest BCUT2D eigenvalue weighted by atomic mass is 16.2. The minimum absolute atomic E-state index is 0.101. The molecule has 2 N–H and O–H groups in total. The van der Waals surface area contributed by atoms with Gasteiger partial charge in [0.1, 0.15) is 0 Å². The van der Waals surface area contributed by atoms with Crippen LogP contribution >= 0.6 is 0 Å². The Morgan fingerprint density at radius 3 is 2.38 bits per heavy atom. The van der Waals surface area contributed by atoms with E-state index < -0.39 is 12.1 Å². The minimum atomic E-state index is -0.604. The Kier molecular flexibility index (Phi) is 5.50. The van der Waals surface area contributed by atoms with Crippen molar-refractivity contribution in [3.8, 4) is 0 Å². The van der Waals surface area contributed by atoms with Gasteiger partial charge in [0.15, 0.2) is 0 Å². The summed E-state index contributed by atoms with van der Waals surface area (Å²) in [6.07, 6.45) is 0.848. The molecule has 0 aromatic heterocycles. The summed E-state index contributed by atoms with van der Waals surface area (Å²) in [5.41, 5.74) is -0.328. The van der Waals surface area contributed by atoms with Crippen LogP contribution in [-0.2, 0) is 14.4 Å². The van der Waals surface area contributed by atoms with Crippen LogP contribution in [0.15, 0.2) is 0 Å². The lowest BCUT2D eigenvalue weighted by Crippen LogP contribution is -2.53. The number of imide groups is 1. The highest BCUT2D eigenvalue weighted by Gasteiger charge is 2.41. The van der Waals surface area contributed by atoms with Gasteiger partial charge in [-0.05, 0) is 41.0 Å². The van der Waals surface area contributed by atoms with Crippen molar-refractivity contribution in [2.75, 3.05) is 0 Å². The molecule has 1 aliphatic rings. The van der Waals surface area contributed by atoms with Crippen LogP contribution in [0.1, 0.15) is 54.4 Å². The zero-order valence-corrected chi connectivity index (χ0v) is 13.8. The van der Waals surface area contributed by atoms with E-state index in [0.717, 1.165) is 6.42 Å². The molecule has 6 nitrogen and oxygen atoms in total. The van der Waals surface area contributed by atoms with Gasteiger partial charge in [-0.3, -0.25) is 24.6 Å². The normalized spacial score (nSPS) is 22.4. The molecule has 0 spiro atoms. The zero-order valence-electron chi connectivity index (χ0n) is 13.8. The van der Waals surface area contributed by atoms with E-state index >= 15 is 0 Å². The fraction of sp³-hybridized carbons (Fsp3) is 0.800. The lowest BCUT2D eigenvalue weighted by atomic mass is 10.1. The fourth-order valence-corrected chi connectivity index (χ4v) is 2.28. The van der Waals surface area contributed by atoms with Crippen LogP contribution in [0, 0.1) is 0 Å². The predicted octanol–water partition coefficient (Wildman–Crippen LogP) is 0.805. The van der Waals surface area contributed by atoms with Crippen LogP contribution in [0.4, 0.5) is 0 Å². The maximum absolute atomic E-state index is 12.3. The number of likely N-dealkylation sites (tertiary alicyclic amines) is 1. The molecule has 3 atom stereocenters. The van der Waals surface area contributed by atoms with Gasteiger partial charge in [0, 0.05) is 11.6 Å². The number of amides is 3. The van der Waals surface area contributed by atoms with Crippen LogP contribution in [-0.4, -0.2) is 46.3 Å². The molecule has 0 bridgehead atoms. The van der Waals surface area contributed by atoms with Crippen LogP contribution < -0.4 is 10.6 Å². The van der Waals surface area contributed by atoms with Crippen LogP contribution in [0.3, 0.4) is 0 Å². The first-order chi connectivity index (χ1) is 9.56. The fourth-order valence-electron chi connectivity index (χ4n) is 2.28. The Morgan fingerprint density at radius 2 is 1.90 bits per heavy atom. The number of hydrogen-bond acceptors (Lipinski definition) is 4. The molecule has 3 amide bonds. The lowest BCUT2D eigenvalue weighted by Gasteiger charge is -2.25. The molecule has 3 unspecified atom stereocenters. The largest absolute Gasteiger partial charge is 0.350 e. The lowest BCUT2D eigenvalue weighted by molar-refractivity contribution is -0.141. The van der Waals surface area contributed by atoms with Crippen molar-refractivity contribution < 1.29 is 14.4 Å². The van der Waals surface area contributed by atoms with Gasteiger partial charge in [-0.15, -0.1) is 0 Å². The van der Waals surface area contributed by atoms with E-state index in [2.05, 4.69) is 10.6 Å². The first-order valence-corrected chi connectivity index (χ1v) is 7.50. The third-order valence-corrected chi connectivity index (χ3v) is 3.56. The third-order valence-electron chi connectivity index (χ3n) is 3.56. The van der Waals surface area contributed by atoms with E-state index in [1.807, 2.05) is 34.6 Å². The van der Waals surface area contributed by atoms with Crippen molar-refractivity contribution >= 4 is 17.7 Å². The number of carbonyl (C=O) groups excluding carboxylic acids is 3. The number of nitrogens with one attached hydrogen (secondary N) is 2. The predicted molar refractivity (Wildman–Crippen MR) is 80.5 cm³/mol. The van der Waals surface area contributed by atoms with Gasteiger partial charge in [0.05, 0.1) is 18.5 Å². The molecule has 1 fully saturated rings. The van der Waals surface area contributed by atoms with Gasteiger partial charge in [-0.2, -0.15) is 0 Å². The summed E-state index contributed by atoms with van der Waals surface area (Å²) in [6, 6.07) is -1.23. The summed E-state index contributed by atoms with van der Waals surface area (Å²) in [4.78, 5) is 37.5. The summed E-state index contributed by atoms with van der Waals surface area (Å²) in [7, 11) is 0. The highest BCUT2D eigenvalue weighted by Crippen LogP contribution is 2.18. The molecule has 1 heterocycles. The second-order valence-electron chi connectivity index (χ2n) is 6.74. The molecule has 21 heavy (non-hydrogen) atoms. The SMILES string of the molecule is CCC(C)N1C(=O)CC(NC(C)C(=O)NC(C)(C)C)C1=O. The second kappa shape index (κ2) is 6.56. The van der Waals surface area contributed by atoms with Crippen LogP contribution in [0.25, 0.3) is 0 Å². The van der Waals surface area contributed by atoms with Crippen LogP contribution in [0.2, 0.25) is 0 Å². The Morgan fingerprint density at radius 1 is 1.33 bits per heavy atom. The molecule has 120 valence electrons. The average Bonchev–Trinajstić information content (AvgIpc) is 2.61. The van der Waals surface area contributed by atoms with Crippen molar-refractivity contribution in [3.05, 3.63) is 0 Å². The van der Waals surface area contributed by atoms with Crippen molar-refractivity contribution in [1.82, 2.24) is 15.5 Å². The van der Waals surface area contributed by atoms with Crippen LogP contribution in [0.5, 0.6) is 0 Å². The quantitative estimate of drug-likeness (QED) is 0.736. The Labute approximate surface area is 126 Å². The van der Waals surface area contributed by atoms with Gasteiger partial charge >= 0.3 is 0 Å². The Hall–Kier alpha value is -1.43. The average molecular weight is 297 g/mol. The van der Waals surface area contributed by atoms with Crippen molar-refractivity contribution in [3.63, 3.8) is 0 Å². The molecule has 1 saturated heterocycles. The van der Waals surface area contributed by atoms with Gasteiger partial charge < -0.3 is 5.32 Å². The van der Waals surface area contributed by atoms with Crippen molar-refractivity contribution in [1.29, 1.82) is 0 Å². The summed E-state index contributed by atoms with van der Waals surface area (Å²) in [6.45, 7) is 11.2. The third kappa shape index (κ3) is 4.52. The van der Waals surface area contributed by atoms with E-state index in [-0.39, 0.29) is 35.7 Å². The molecule has 1 rings (SSSR count). The maximum Gasteiger partial charge on any atom is 0.247 e. The van der Waals surface area contributed by atoms with E-state index in [0.29, 0.717) is 0 Å². The van der Waals surface area contributed by atoms with E-state index in [4.69, 9.17) is 0 Å². The molecule has 0 aromatic rings. The summed E-state index contributed by atoms with van der Waals surface area (Å²) >= 11 is 0. The van der Waals surface area contributed by atoms with Gasteiger partial charge in [0.25, 0.3) is 0 Å². The van der Waals surface area contributed by atoms with E-state index in [1.165, 1.54) is 4.90 Å². The van der Waals surface area contributed by atoms with E-state index in [1.54, 1.807) is 6.92 Å². The molecule has 0 saturated carbocycles. The van der Waals surface area contributed by atoms with E-state index in [9.17, 15) is 14.4 Å². The zero-order chi connectivity index (χ0) is 16.4. The molecule has 0 aliphatic carbocycles. The summed E-state index contributed by atoms with van der Waals surface area (Å²) in [5.74, 6) is -0.579.